The minimum Gasteiger partial charge on any atom is -0.473 e. The predicted octanol–water partition coefficient (Wildman–Crippen LogP) is 1.81. The number of allylic oxidation sites excluding steroid dienone is 2. The van der Waals surface area contributed by atoms with E-state index in [0.29, 0.717) is 18.0 Å². The lowest BCUT2D eigenvalue weighted by molar-refractivity contribution is -0.159. The number of sulfonamides is 1. The monoisotopic (exact) mass is 424 g/mol. The van der Waals surface area contributed by atoms with Gasteiger partial charge in [0.2, 0.25) is 10.0 Å². The van der Waals surface area contributed by atoms with E-state index in [-0.39, 0.29) is 0 Å². The van der Waals surface area contributed by atoms with Crippen LogP contribution in [0, 0.1) is 12.8 Å². The highest BCUT2D eigenvalue weighted by molar-refractivity contribution is 7.89. The minimum atomic E-state index is -3.34. The molecule has 0 radical (unpaired) electrons. The van der Waals surface area contributed by atoms with Crippen LogP contribution in [-0.4, -0.2) is 72.5 Å². The Morgan fingerprint density at radius 3 is 2.07 bits per heavy atom. The fraction of sp³-hybridized carbons (Fsp3) is 0.500. The Morgan fingerprint density at radius 2 is 1.59 bits per heavy atom. The zero-order valence-electron chi connectivity index (χ0n) is 16.5. The largest absolute Gasteiger partial charge is 0.473 e. The highest BCUT2D eigenvalue weighted by Crippen LogP contribution is 2.22. The standard InChI is InChI=1S/C18H26N2O2S.C2H2O4/c1-16-7-9-18(10-8-16)23(21,22)20-13-11-19(12-14-20)15-17-5-3-2-4-6-17;3-1(4)2(5)6/h2-3,7-10,17H,4-6,11-15H2,1H3;(H,3,4)(H,5,6). The molecule has 1 atom stereocenters. The van der Waals surface area contributed by atoms with Gasteiger partial charge in [-0.15, -0.1) is 0 Å². The SMILES string of the molecule is Cc1ccc(S(=O)(=O)N2CCN(CC3CC=CCC3)CC2)cc1.O=C(O)C(=O)O. The van der Waals surface area contributed by atoms with Crippen LogP contribution in [0.2, 0.25) is 0 Å². The van der Waals surface area contributed by atoms with Gasteiger partial charge >= 0.3 is 11.9 Å². The second-order valence-electron chi connectivity index (χ2n) is 7.28. The number of hydrogen-bond acceptors (Lipinski definition) is 5. The zero-order chi connectivity index (χ0) is 21.4. The van der Waals surface area contributed by atoms with Gasteiger partial charge in [0, 0.05) is 32.7 Å². The average molecular weight is 425 g/mol. The number of benzene rings is 1. The Balaban J connectivity index is 0.000000438. The molecule has 29 heavy (non-hydrogen) atoms. The molecule has 0 spiro atoms. The first kappa shape index (κ1) is 23.1. The fourth-order valence-electron chi connectivity index (χ4n) is 3.40. The highest BCUT2D eigenvalue weighted by atomic mass is 32.2. The lowest BCUT2D eigenvalue weighted by atomic mass is 9.94. The molecule has 0 bridgehead atoms. The molecule has 1 fully saturated rings. The molecule has 1 aromatic rings. The second kappa shape index (κ2) is 10.5. The number of aryl methyl sites for hydroxylation is 1. The van der Waals surface area contributed by atoms with Crippen molar-refractivity contribution >= 4 is 22.0 Å². The molecule has 1 aliphatic heterocycles. The highest BCUT2D eigenvalue weighted by Gasteiger charge is 2.29. The fourth-order valence-corrected chi connectivity index (χ4v) is 4.82. The molecule has 0 aromatic heterocycles. The Labute approximate surface area is 171 Å². The minimum absolute atomic E-state index is 0.411. The van der Waals surface area contributed by atoms with Gasteiger partial charge in [-0.3, -0.25) is 0 Å². The van der Waals surface area contributed by atoms with E-state index in [4.69, 9.17) is 19.8 Å². The van der Waals surface area contributed by atoms with Gasteiger partial charge in [-0.2, -0.15) is 4.31 Å². The maximum Gasteiger partial charge on any atom is 0.414 e. The van der Waals surface area contributed by atoms with Crippen LogP contribution in [0.3, 0.4) is 0 Å². The van der Waals surface area contributed by atoms with Crippen LogP contribution in [0.4, 0.5) is 0 Å². The lowest BCUT2D eigenvalue weighted by Gasteiger charge is -2.36. The number of rotatable bonds is 4. The van der Waals surface area contributed by atoms with E-state index in [9.17, 15) is 8.42 Å². The molecule has 1 aliphatic carbocycles. The van der Waals surface area contributed by atoms with E-state index in [1.54, 1.807) is 16.4 Å². The first-order valence-electron chi connectivity index (χ1n) is 9.60. The van der Waals surface area contributed by atoms with Gasteiger partial charge in [-0.05, 0) is 44.2 Å². The van der Waals surface area contributed by atoms with Crippen LogP contribution in [0.1, 0.15) is 24.8 Å². The number of carboxylic acids is 2. The molecule has 1 aromatic carbocycles. The maximum absolute atomic E-state index is 12.7. The van der Waals surface area contributed by atoms with E-state index in [0.717, 1.165) is 31.1 Å². The summed E-state index contributed by atoms with van der Waals surface area (Å²) in [5.41, 5.74) is 1.08. The molecule has 160 valence electrons. The number of aliphatic carboxylic acids is 2. The molecule has 1 heterocycles. The Kier molecular flexibility index (Phi) is 8.36. The lowest BCUT2D eigenvalue weighted by Crippen LogP contribution is -2.49. The van der Waals surface area contributed by atoms with E-state index < -0.39 is 22.0 Å². The van der Waals surface area contributed by atoms with Crippen molar-refractivity contribution in [3.63, 3.8) is 0 Å². The summed E-state index contributed by atoms with van der Waals surface area (Å²) in [5.74, 6) is -2.91. The number of hydrogen-bond donors (Lipinski definition) is 2. The molecule has 0 saturated carbocycles. The van der Waals surface area contributed by atoms with E-state index in [1.165, 1.54) is 19.3 Å². The van der Waals surface area contributed by atoms with Crippen molar-refractivity contribution in [3.8, 4) is 0 Å². The van der Waals surface area contributed by atoms with Crippen LogP contribution in [-0.2, 0) is 19.6 Å². The third-order valence-electron chi connectivity index (χ3n) is 5.07. The molecule has 2 N–H and O–H groups in total. The zero-order valence-corrected chi connectivity index (χ0v) is 17.3. The summed E-state index contributed by atoms with van der Waals surface area (Å²) in [4.78, 5) is 21.0. The number of carboxylic acid groups (broad SMARTS) is 2. The normalized spacial score (nSPS) is 20.5. The van der Waals surface area contributed by atoms with Gasteiger partial charge in [0.1, 0.15) is 0 Å². The molecule has 8 nitrogen and oxygen atoms in total. The van der Waals surface area contributed by atoms with Crippen LogP contribution in [0.25, 0.3) is 0 Å². The summed E-state index contributed by atoms with van der Waals surface area (Å²) >= 11 is 0. The van der Waals surface area contributed by atoms with Crippen molar-refractivity contribution in [3.05, 3.63) is 42.0 Å². The number of nitrogens with zero attached hydrogens (tertiary/aromatic N) is 2. The maximum atomic E-state index is 12.7. The van der Waals surface area contributed by atoms with Gasteiger partial charge in [0.05, 0.1) is 4.90 Å². The van der Waals surface area contributed by atoms with Gasteiger partial charge in [-0.25, -0.2) is 18.0 Å². The van der Waals surface area contributed by atoms with Crippen molar-refractivity contribution in [1.82, 2.24) is 9.21 Å². The summed E-state index contributed by atoms with van der Waals surface area (Å²) in [6, 6.07) is 7.15. The molecule has 1 unspecified atom stereocenters. The molecule has 1 saturated heterocycles. The van der Waals surface area contributed by atoms with Crippen LogP contribution in [0.15, 0.2) is 41.3 Å². The Morgan fingerprint density at radius 1 is 1.00 bits per heavy atom. The average Bonchev–Trinajstić information content (AvgIpc) is 2.70. The van der Waals surface area contributed by atoms with Crippen molar-refractivity contribution < 1.29 is 28.2 Å². The van der Waals surface area contributed by atoms with Gasteiger partial charge in [-0.1, -0.05) is 29.8 Å². The topological polar surface area (TPSA) is 115 Å². The first-order chi connectivity index (χ1) is 13.7. The van der Waals surface area contributed by atoms with Crippen molar-refractivity contribution in [2.75, 3.05) is 32.7 Å². The summed E-state index contributed by atoms with van der Waals surface area (Å²) in [6.07, 6.45) is 8.17. The van der Waals surface area contributed by atoms with E-state index in [1.807, 2.05) is 19.1 Å². The third kappa shape index (κ3) is 6.95. The summed E-state index contributed by atoms with van der Waals surface area (Å²) < 4.78 is 27.0. The van der Waals surface area contributed by atoms with Gasteiger partial charge in [0.25, 0.3) is 0 Å². The second-order valence-corrected chi connectivity index (χ2v) is 9.22. The molecule has 9 heteroatoms. The van der Waals surface area contributed by atoms with E-state index >= 15 is 0 Å². The number of piperazine rings is 1. The summed E-state index contributed by atoms with van der Waals surface area (Å²) in [6.45, 7) is 5.94. The van der Waals surface area contributed by atoms with Crippen molar-refractivity contribution in [2.45, 2.75) is 31.1 Å². The van der Waals surface area contributed by atoms with E-state index in [2.05, 4.69) is 17.1 Å². The predicted molar refractivity (Wildman–Crippen MR) is 108 cm³/mol. The molecular weight excluding hydrogens is 396 g/mol. The molecule has 3 rings (SSSR count). The summed E-state index contributed by atoms with van der Waals surface area (Å²) in [5, 5.41) is 14.8. The number of carbonyl (C=O) groups is 2. The van der Waals surface area contributed by atoms with Crippen LogP contribution >= 0.6 is 0 Å². The molecule has 0 amide bonds. The van der Waals surface area contributed by atoms with Crippen LogP contribution < -0.4 is 0 Å². The van der Waals surface area contributed by atoms with Gasteiger partial charge in [0.15, 0.2) is 0 Å². The quantitative estimate of drug-likeness (QED) is 0.559. The Hall–Kier alpha value is -2.23. The van der Waals surface area contributed by atoms with Crippen LogP contribution in [0.5, 0.6) is 0 Å². The Bertz CT molecular complexity index is 815. The smallest absolute Gasteiger partial charge is 0.414 e. The van der Waals surface area contributed by atoms with Crippen molar-refractivity contribution in [2.24, 2.45) is 5.92 Å². The third-order valence-corrected chi connectivity index (χ3v) is 6.98. The van der Waals surface area contributed by atoms with Gasteiger partial charge < -0.3 is 15.1 Å². The first-order valence-corrected chi connectivity index (χ1v) is 11.0. The summed E-state index contributed by atoms with van der Waals surface area (Å²) in [7, 11) is -3.34. The molecule has 2 aliphatic rings. The van der Waals surface area contributed by atoms with Crippen molar-refractivity contribution in [1.29, 1.82) is 0 Å². The molecular formula is C20H28N2O6S.